The molecule has 0 unspecified atom stereocenters. The molecule has 1 aliphatic carbocycles. The largest absolute Gasteiger partial charge is 0.369 e. The first-order valence-electron chi connectivity index (χ1n) is 10.5. The first-order valence-corrected chi connectivity index (χ1v) is 10.5. The number of anilines is 1. The van der Waals surface area contributed by atoms with Gasteiger partial charge in [0.15, 0.2) is 5.82 Å². The Morgan fingerprint density at radius 1 is 1.07 bits per heavy atom. The van der Waals surface area contributed by atoms with Crippen molar-refractivity contribution >= 4 is 5.69 Å². The first kappa shape index (κ1) is 18.4. The van der Waals surface area contributed by atoms with Gasteiger partial charge in [-0.1, -0.05) is 31.9 Å². The molecule has 0 bridgehead atoms. The second kappa shape index (κ2) is 7.97. The van der Waals surface area contributed by atoms with E-state index in [1.807, 2.05) is 0 Å². The van der Waals surface area contributed by atoms with Crippen LogP contribution >= 0.6 is 0 Å². The molecule has 2 heterocycles. The number of aromatic nitrogens is 4. The monoisotopic (exact) mass is 368 g/mol. The van der Waals surface area contributed by atoms with Gasteiger partial charge in [-0.15, -0.1) is 5.10 Å². The summed E-state index contributed by atoms with van der Waals surface area (Å²) in [4.78, 5) is 5.12. The highest BCUT2D eigenvalue weighted by Crippen LogP contribution is 2.33. The fourth-order valence-electron chi connectivity index (χ4n) is 4.77. The van der Waals surface area contributed by atoms with Gasteiger partial charge in [0, 0.05) is 31.9 Å². The van der Waals surface area contributed by atoms with E-state index in [9.17, 15) is 0 Å². The summed E-state index contributed by atoms with van der Waals surface area (Å²) in [6.45, 7) is 10.9. The molecule has 1 aromatic heterocycles. The first-order chi connectivity index (χ1) is 13.2. The van der Waals surface area contributed by atoms with Gasteiger partial charge in [-0.2, -0.15) is 0 Å². The summed E-state index contributed by atoms with van der Waals surface area (Å²) in [5.74, 6) is 1.07. The van der Waals surface area contributed by atoms with Gasteiger partial charge >= 0.3 is 0 Å². The van der Waals surface area contributed by atoms with Crippen LogP contribution < -0.4 is 4.90 Å². The van der Waals surface area contributed by atoms with Crippen molar-refractivity contribution in [2.24, 2.45) is 0 Å². The lowest BCUT2D eigenvalue weighted by molar-refractivity contribution is 0.166. The van der Waals surface area contributed by atoms with Crippen LogP contribution in [0, 0.1) is 13.8 Å². The van der Waals surface area contributed by atoms with Gasteiger partial charge in [0.2, 0.25) is 0 Å². The maximum Gasteiger partial charge on any atom is 0.168 e. The fraction of sp³-hybridized carbons (Fsp3) is 0.667. The third-order valence-corrected chi connectivity index (χ3v) is 6.33. The molecule has 146 valence electrons. The quantitative estimate of drug-likeness (QED) is 0.806. The molecule has 0 spiro atoms. The van der Waals surface area contributed by atoms with Crippen LogP contribution in [0.5, 0.6) is 0 Å². The van der Waals surface area contributed by atoms with Crippen LogP contribution in [0.2, 0.25) is 0 Å². The number of tetrazole rings is 1. The number of aryl methyl sites for hydroxylation is 2. The molecule has 27 heavy (non-hydrogen) atoms. The molecule has 4 rings (SSSR count). The fourth-order valence-corrected chi connectivity index (χ4v) is 4.77. The molecule has 1 aromatic carbocycles. The van der Waals surface area contributed by atoms with Crippen molar-refractivity contribution in [2.45, 2.75) is 65.0 Å². The molecule has 0 amide bonds. The van der Waals surface area contributed by atoms with Crippen LogP contribution in [-0.4, -0.2) is 51.3 Å². The van der Waals surface area contributed by atoms with E-state index < -0.39 is 0 Å². The number of piperazine rings is 1. The summed E-state index contributed by atoms with van der Waals surface area (Å²) in [5.41, 5.74) is 4.09. The zero-order valence-corrected chi connectivity index (χ0v) is 16.9. The Balaban J connectivity index is 1.47. The molecule has 2 aliphatic rings. The summed E-state index contributed by atoms with van der Waals surface area (Å²) in [6.07, 6.45) is 6.09. The number of hydrogen-bond acceptors (Lipinski definition) is 5. The van der Waals surface area contributed by atoms with Crippen LogP contribution in [0.4, 0.5) is 5.69 Å². The Morgan fingerprint density at radius 3 is 2.52 bits per heavy atom. The second-order valence-corrected chi connectivity index (χ2v) is 8.16. The maximum atomic E-state index is 4.46. The molecule has 6 nitrogen and oxygen atoms in total. The highest BCUT2D eigenvalue weighted by atomic mass is 15.6. The number of rotatable bonds is 5. The van der Waals surface area contributed by atoms with Gasteiger partial charge in [-0.3, -0.25) is 4.90 Å². The zero-order chi connectivity index (χ0) is 18.8. The molecule has 1 atom stereocenters. The summed E-state index contributed by atoms with van der Waals surface area (Å²) < 4.78 is 2.14. The van der Waals surface area contributed by atoms with E-state index >= 15 is 0 Å². The lowest BCUT2D eigenvalue weighted by Crippen LogP contribution is -2.48. The standard InChI is InChI=1S/C21H32N6/c1-4-19(21-22-23-24-27(21)18-7-5-6-8-18)25-11-13-26(14-12-25)20-15-16(2)9-10-17(20)3/h9-10,15,18-19H,4-8,11-14H2,1-3H3/t19-/m1/s1. The van der Waals surface area contributed by atoms with Crippen LogP contribution in [0.25, 0.3) is 0 Å². The summed E-state index contributed by atoms with van der Waals surface area (Å²) in [7, 11) is 0. The molecular formula is C21H32N6. The molecule has 0 radical (unpaired) electrons. The Labute approximate surface area is 162 Å². The van der Waals surface area contributed by atoms with Crippen molar-refractivity contribution < 1.29 is 0 Å². The summed E-state index contributed by atoms with van der Waals surface area (Å²) >= 11 is 0. The van der Waals surface area contributed by atoms with E-state index in [1.165, 1.54) is 42.5 Å². The van der Waals surface area contributed by atoms with E-state index in [1.54, 1.807) is 0 Å². The van der Waals surface area contributed by atoms with Crippen molar-refractivity contribution in [3.8, 4) is 0 Å². The molecule has 0 N–H and O–H groups in total. The molecule has 1 saturated heterocycles. The SMILES string of the molecule is CC[C@H](c1nnnn1C1CCCC1)N1CCN(c2cc(C)ccc2C)CC1. The van der Waals surface area contributed by atoms with E-state index in [4.69, 9.17) is 0 Å². The predicted octanol–water partition coefficient (Wildman–Crippen LogP) is 3.68. The topological polar surface area (TPSA) is 50.1 Å². The van der Waals surface area contributed by atoms with E-state index in [0.29, 0.717) is 12.1 Å². The Bertz CT molecular complexity index is 756. The smallest absolute Gasteiger partial charge is 0.168 e. The number of nitrogens with zero attached hydrogens (tertiary/aromatic N) is 6. The van der Waals surface area contributed by atoms with Crippen molar-refractivity contribution in [1.29, 1.82) is 0 Å². The average molecular weight is 369 g/mol. The van der Waals surface area contributed by atoms with Crippen molar-refractivity contribution in [2.75, 3.05) is 31.1 Å². The minimum atomic E-state index is 0.321. The van der Waals surface area contributed by atoms with Crippen molar-refractivity contribution in [3.63, 3.8) is 0 Å². The van der Waals surface area contributed by atoms with Gasteiger partial charge in [0.05, 0.1) is 12.1 Å². The molecule has 1 saturated carbocycles. The van der Waals surface area contributed by atoms with Gasteiger partial charge in [0.25, 0.3) is 0 Å². The van der Waals surface area contributed by atoms with Crippen LogP contribution in [0.1, 0.15) is 68.1 Å². The number of benzene rings is 1. The Morgan fingerprint density at radius 2 is 1.81 bits per heavy atom. The molecule has 2 fully saturated rings. The normalized spacial score (nSPS) is 20.3. The average Bonchev–Trinajstić information content (AvgIpc) is 3.37. The van der Waals surface area contributed by atoms with E-state index in [0.717, 1.165) is 38.4 Å². The minimum Gasteiger partial charge on any atom is -0.369 e. The maximum absolute atomic E-state index is 4.46. The van der Waals surface area contributed by atoms with Gasteiger partial charge in [0.1, 0.15) is 0 Å². The third kappa shape index (κ3) is 3.72. The Hall–Kier alpha value is -1.95. The number of hydrogen-bond donors (Lipinski definition) is 0. The van der Waals surface area contributed by atoms with Crippen LogP contribution in [0.15, 0.2) is 18.2 Å². The van der Waals surface area contributed by atoms with Crippen molar-refractivity contribution in [1.82, 2.24) is 25.1 Å². The van der Waals surface area contributed by atoms with Gasteiger partial charge in [-0.25, -0.2) is 4.68 Å². The predicted molar refractivity (Wildman–Crippen MR) is 108 cm³/mol. The molecular weight excluding hydrogens is 336 g/mol. The third-order valence-electron chi connectivity index (χ3n) is 6.33. The van der Waals surface area contributed by atoms with Gasteiger partial charge in [-0.05, 0) is 60.7 Å². The zero-order valence-electron chi connectivity index (χ0n) is 16.9. The lowest BCUT2D eigenvalue weighted by atomic mass is 10.1. The Kier molecular flexibility index (Phi) is 5.43. The van der Waals surface area contributed by atoms with Gasteiger partial charge < -0.3 is 4.90 Å². The second-order valence-electron chi connectivity index (χ2n) is 8.16. The lowest BCUT2D eigenvalue weighted by Gasteiger charge is -2.40. The van der Waals surface area contributed by atoms with E-state index in [2.05, 4.69) is 69.0 Å². The molecule has 2 aromatic rings. The summed E-state index contributed by atoms with van der Waals surface area (Å²) in [6, 6.07) is 7.58. The van der Waals surface area contributed by atoms with Crippen LogP contribution in [0.3, 0.4) is 0 Å². The highest BCUT2D eigenvalue weighted by molar-refractivity contribution is 5.55. The highest BCUT2D eigenvalue weighted by Gasteiger charge is 2.31. The molecule has 6 heteroatoms. The minimum absolute atomic E-state index is 0.321. The van der Waals surface area contributed by atoms with Crippen molar-refractivity contribution in [3.05, 3.63) is 35.2 Å². The summed E-state index contributed by atoms with van der Waals surface area (Å²) in [5, 5.41) is 12.9. The molecule has 1 aliphatic heterocycles. The van der Waals surface area contributed by atoms with Crippen LogP contribution in [-0.2, 0) is 0 Å². The van der Waals surface area contributed by atoms with E-state index in [-0.39, 0.29) is 0 Å².